The maximum atomic E-state index is 5.97. The molecular weight excluding hydrogens is 304 g/mol. The van der Waals surface area contributed by atoms with Gasteiger partial charge in [-0.1, -0.05) is 17.7 Å². The predicted molar refractivity (Wildman–Crippen MR) is 80.1 cm³/mol. The van der Waals surface area contributed by atoms with Gasteiger partial charge in [0.25, 0.3) is 0 Å². The highest BCUT2D eigenvalue weighted by molar-refractivity contribution is 9.10. The van der Waals surface area contributed by atoms with E-state index in [2.05, 4.69) is 27.0 Å². The molecule has 0 unspecified atom stereocenters. The molecule has 0 fully saturated rings. The Labute approximate surface area is 121 Å². The van der Waals surface area contributed by atoms with Crippen LogP contribution in [0.4, 0.5) is 0 Å². The van der Waals surface area contributed by atoms with Crippen LogP contribution in [0.1, 0.15) is 29.8 Å². The third-order valence-corrected chi connectivity index (χ3v) is 3.29. The lowest BCUT2D eigenvalue weighted by atomic mass is 10.1. The topological polar surface area (TPSA) is 48.1 Å². The minimum Gasteiger partial charge on any atom is -0.487 e. The Morgan fingerprint density at radius 2 is 2.11 bits per heavy atom. The van der Waals surface area contributed by atoms with Gasteiger partial charge in [0.2, 0.25) is 0 Å². The van der Waals surface area contributed by atoms with Crippen LogP contribution in [0.15, 0.2) is 41.0 Å². The average molecular weight is 321 g/mol. The predicted octanol–water partition coefficient (Wildman–Crippen LogP) is 3.75. The van der Waals surface area contributed by atoms with Crippen LogP contribution in [-0.4, -0.2) is 4.98 Å². The fourth-order valence-electron chi connectivity index (χ4n) is 1.80. The molecule has 0 saturated carbocycles. The first-order chi connectivity index (χ1) is 9.06. The number of halogens is 1. The second kappa shape index (κ2) is 6.17. The van der Waals surface area contributed by atoms with Crippen LogP contribution in [0, 0.1) is 6.92 Å². The van der Waals surface area contributed by atoms with E-state index in [9.17, 15) is 0 Å². The maximum Gasteiger partial charge on any atom is 0.130 e. The third-order valence-electron chi connectivity index (χ3n) is 2.82. The van der Waals surface area contributed by atoms with Gasteiger partial charge in [0.05, 0.1) is 5.69 Å². The molecule has 2 rings (SSSR count). The minimum atomic E-state index is -0.0484. The van der Waals surface area contributed by atoms with Gasteiger partial charge in [0, 0.05) is 22.3 Å². The molecular formula is C15H17BrN2O. The van der Waals surface area contributed by atoms with Crippen LogP contribution in [0.3, 0.4) is 0 Å². The van der Waals surface area contributed by atoms with Crippen molar-refractivity contribution >= 4 is 15.9 Å². The van der Waals surface area contributed by atoms with E-state index in [-0.39, 0.29) is 6.04 Å². The van der Waals surface area contributed by atoms with E-state index in [1.807, 2.05) is 38.1 Å². The van der Waals surface area contributed by atoms with Crippen molar-refractivity contribution in [1.29, 1.82) is 0 Å². The molecule has 1 atom stereocenters. The summed E-state index contributed by atoms with van der Waals surface area (Å²) < 4.78 is 6.78. The summed E-state index contributed by atoms with van der Waals surface area (Å²) in [5.74, 6) is 0.824. The van der Waals surface area contributed by atoms with Crippen LogP contribution >= 0.6 is 15.9 Å². The van der Waals surface area contributed by atoms with Gasteiger partial charge in [-0.3, -0.25) is 4.98 Å². The zero-order valence-electron chi connectivity index (χ0n) is 11.1. The van der Waals surface area contributed by atoms with Gasteiger partial charge in [-0.15, -0.1) is 0 Å². The van der Waals surface area contributed by atoms with E-state index in [4.69, 9.17) is 10.5 Å². The van der Waals surface area contributed by atoms with Crippen molar-refractivity contribution < 1.29 is 4.74 Å². The van der Waals surface area contributed by atoms with Gasteiger partial charge in [0.1, 0.15) is 12.4 Å². The number of benzene rings is 1. The number of aromatic nitrogens is 1. The molecule has 0 spiro atoms. The van der Waals surface area contributed by atoms with E-state index >= 15 is 0 Å². The molecule has 3 nitrogen and oxygen atoms in total. The van der Waals surface area contributed by atoms with Gasteiger partial charge in [-0.05, 0) is 48.0 Å². The molecule has 1 heterocycles. The first kappa shape index (κ1) is 14.0. The highest BCUT2D eigenvalue weighted by Crippen LogP contribution is 2.25. The van der Waals surface area contributed by atoms with E-state index in [1.165, 1.54) is 5.56 Å². The summed E-state index contributed by atoms with van der Waals surface area (Å²) in [5.41, 5.74) is 9.07. The lowest BCUT2D eigenvalue weighted by Gasteiger charge is -2.14. The molecule has 2 aromatic rings. The SMILES string of the molecule is Cc1ccc(OCc2ccc(Br)cn2)c([C@@H](C)N)c1. The summed E-state index contributed by atoms with van der Waals surface area (Å²) in [7, 11) is 0. The Kier molecular flexibility index (Phi) is 4.56. The van der Waals surface area contributed by atoms with Gasteiger partial charge in [0.15, 0.2) is 0 Å². The lowest BCUT2D eigenvalue weighted by molar-refractivity contribution is 0.296. The van der Waals surface area contributed by atoms with Crippen molar-refractivity contribution in [3.8, 4) is 5.75 Å². The number of hydrogen-bond donors (Lipinski definition) is 1. The maximum absolute atomic E-state index is 5.97. The number of nitrogens with zero attached hydrogens (tertiary/aromatic N) is 1. The Hall–Kier alpha value is -1.39. The van der Waals surface area contributed by atoms with Crippen LogP contribution in [0.5, 0.6) is 5.75 Å². The first-order valence-electron chi connectivity index (χ1n) is 6.15. The Morgan fingerprint density at radius 3 is 2.74 bits per heavy atom. The number of pyridine rings is 1. The number of ether oxygens (including phenoxy) is 1. The number of rotatable bonds is 4. The minimum absolute atomic E-state index is 0.0484. The summed E-state index contributed by atoms with van der Waals surface area (Å²) in [5, 5.41) is 0. The molecule has 4 heteroatoms. The highest BCUT2D eigenvalue weighted by atomic mass is 79.9. The lowest BCUT2D eigenvalue weighted by Crippen LogP contribution is -2.08. The van der Waals surface area contributed by atoms with Crippen molar-refractivity contribution in [2.24, 2.45) is 5.73 Å². The molecule has 19 heavy (non-hydrogen) atoms. The fraction of sp³-hybridized carbons (Fsp3) is 0.267. The highest BCUT2D eigenvalue weighted by Gasteiger charge is 2.08. The molecule has 0 aliphatic carbocycles. The summed E-state index contributed by atoms with van der Waals surface area (Å²) in [4.78, 5) is 4.28. The van der Waals surface area contributed by atoms with Gasteiger partial charge < -0.3 is 10.5 Å². The normalized spacial score (nSPS) is 12.2. The zero-order chi connectivity index (χ0) is 13.8. The summed E-state index contributed by atoms with van der Waals surface area (Å²) in [6.45, 7) is 4.45. The molecule has 100 valence electrons. The van der Waals surface area contributed by atoms with Gasteiger partial charge in [-0.25, -0.2) is 0 Å². The average Bonchev–Trinajstić information content (AvgIpc) is 2.39. The third kappa shape index (κ3) is 3.78. The Balaban J connectivity index is 2.13. The molecule has 0 aliphatic heterocycles. The molecule has 1 aromatic heterocycles. The number of hydrogen-bond acceptors (Lipinski definition) is 3. The Morgan fingerprint density at radius 1 is 1.32 bits per heavy atom. The quantitative estimate of drug-likeness (QED) is 0.933. The second-order valence-corrected chi connectivity index (χ2v) is 5.50. The van der Waals surface area contributed by atoms with E-state index in [0.29, 0.717) is 6.61 Å². The fourth-order valence-corrected chi connectivity index (χ4v) is 2.03. The van der Waals surface area contributed by atoms with E-state index in [0.717, 1.165) is 21.5 Å². The summed E-state index contributed by atoms with van der Waals surface area (Å²) >= 11 is 3.36. The summed E-state index contributed by atoms with van der Waals surface area (Å²) in [6.07, 6.45) is 1.76. The first-order valence-corrected chi connectivity index (χ1v) is 6.95. The molecule has 1 aromatic carbocycles. The number of aryl methyl sites for hydroxylation is 1. The van der Waals surface area contributed by atoms with Crippen molar-refractivity contribution in [2.45, 2.75) is 26.5 Å². The number of nitrogens with two attached hydrogens (primary N) is 1. The van der Waals surface area contributed by atoms with E-state index < -0.39 is 0 Å². The van der Waals surface area contributed by atoms with Crippen LogP contribution in [0.25, 0.3) is 0 Å². The van der Waals surface area contributed by atoms with Crippen LogP contribution in [-0.2, 0) is 6.61 Å². The zero-order valence-corrected chi connectivity index (χ0v) is 12.6. The second-order valence-electron chi connectivity index (χ2n) is 4.59. The standard InChI is InChI=1S/C15H17BrN2O/c1-10-3-6-15(14(7-10)11(2)17)19-9-13-5-4-12(16)8-18-13/h3-8,11H,9,17H2,1-2H3/t11-/m1/s1. The largest absolute Gasteiger partial charge is 0.487 e. The molecule has 0 radical (unpaired) electrons. The van der Waals surface area contributed by atoms with Crippen LogP contribution in [0.2, 0.25) is 0 Å². The van der Waals surface area contributed by atoms with Gasteiger partial charge in [-0.2, -0.15) is 0 Å². The monoisotopic (exact) mass is 320 g/mol. The molecule has 0 aliphatic rings. The van der Waals surface area contributed by atoms with Gasteiger partial charge >= 0.3 is 0 Å². The van der Waals surface area contributed by atoms with E-state index in [1.54, 1.807) is 6.20 Å². The molecule has 0 bridgehead atoms. The molecule has 0 amide bonds. The van der Waals surface area contributed by atoms with Crippen molar-refractivity contribution in [3.05, 3.63) is 57.8 Å². The molecule has 0 saturated heterocycles. The van der Waals surface area contributed by atoms with Crippen LogP contribution < -0.4 is 10.5 Å². The van der Waals surface area contributed by atoms with Crippen molar-refractivity contribution in [3.63, 3.8) is 0 Å². The van der Waals surface area contributed by atoms with Crippen molar-refractivity contribution in [2.75, 3.05) is 0 Å². The van der Waals surface area contributed by atoms with Crippen molar-refractivity contribution in [1.82, 2.24) is 4.98 Å². The Bertz CT molecular complexity index is 553. The smallest absolute Gasteiger partial charge is 0.130 e. The molecule has 2 N–H and O–H groups in total. The summed E-state index contributed by atoms with van der Waals surface area (Å²) in [6, 6.07) is 9.89.